The molecule has 0 aliphatic carbocycles. The van der Waals surface area contributed by atoms with Crippen LogP contribution in [0.15, 0.2) is 42.7 Å². The van der Waals surface area contributed by atoms with Crippen molar-refractivity contribution in [3.8, 4) is 5.75 Å². The van der Waals surface area contributed by atoms with E-state index in [0.29, 0.717) is 5.69 Å². The normalized spacial score (nSPS) is 10.1. The molecule has 0 aliphatic heterocycles. The molecular weight excluding hydrogens is 228 g/mol. The number of aromatic hydroxyl groups is 1. The molecule has 1 amide bonds. The van der Waals surface area contributed by atoms with Crippen molar-refractivity contribution in [3.63, 3.8) is 0 Å². The summed E-state index contributed by atoms with van der Waals surface area (Å²) in [6.07, 6.45) is 3.54. The molecule has 18 heavy (non-hydrogen) atoms. The summed E-state index contributed by atoms with van der Waals surface area (Å²) in [5.74, 6) is -0.100. The van der Waals surface area contributed by atoms with Crippen LogP contribution in [0.2, 0.25) is 0 Å². The highest BCUT2D eigenvalue weighted by Crippen LogP contribution is 2.23. The molecule has 0 saturated heterocycles. The summed E-state index contributed by atoms with van der Waals surface area (Å²) in [5.41, 5.74) is 2.20. The van der Waals surface area contributed by atoms with Gasteiger partial charge in [-0.1, -0.05) is 12.1 Å². The third-order valence-corrected chi connectivity index (χ3v) is 2.51. The second-order valence-corrected chi connectivity index (χ2v) is 4.11. The van der Waals surface area contributed by atoms with E-state index in [2.05, 4.69) is 10.3 Å². The fraction of sp³-hybridized carbons (Fsp3) is 0.143. The number of aromatic nitrogens is 1. The first-order chi connectivity index (χ1) is 8.65. The van der Waals surface area contributed by atoms with Gasteiger partial charge in [0.15, 0.2) is 0 Å². The van der Waals surface area contributed by atoms with Crippen LogP contribution in [0.1, 0.15) is 11.1 Å². The van der Waals surface area contributed by atoms with Crippen LogP contribution in [-0.2, 0) is 11.2 Å². The number of nitrogens with zero attached hydrogens (tertiary/aromatic N) is 1. The molecule has 1 aromatic heterocycles. The molecular formula is C14H14N2O2. The maximum absolute atomic E-state index is 11.8. The number of benzene rings is 1. The Kier molecular flexibility index (Phi) is 3.57. The molecule has 0 radical (unpaired) electrons. The van der Waals surface area contributed by atoms with Gasteiger partial charge in [-0.05, 0) is 36.2 Å². The molecule has 2 rings (SSSR count). The van der Waals surface area contributed by atoms with Crippen LogP contribution in [0.3, 0.4) is 0 Å². The molecule has 1 heterocycles. The Morgan fingerprint density at radius 1 is 1.39 bits per heavy atom. The molecule has 4 nitrogen and oxygen atoms in total. The number of carbonyl (C=O) groups excluding carboxylic acids is 1. The molecule has 2 N–H and O–H groups in total. The van der Waals surface area contributed by atoms with Gasteiger partial charge in [-0.3, -0.25) is 9.78 Å². The molecule has 4 heteroatoms. The molecule has 0 spiro atoms. The lowest BCUT2D eigenvalue weighted by molar-refractivity contribution is -0.115. The minimum atomic E-state index is -0.179. The van der Waals surface area contributed by atoms with Crippen molar-refractivity contribution in [2.24, 2.45) is 0 Å². The van der Waals surface area contributed by atoms with E-state index in [9.17, 15) is 9.90 Å². The van der Waals surface area contributed by atoms with Crippen LogP contribution >= 0.6 is 0 Å². The minimum absolute atomic E-state index is 0.0783. The van der Waals surface area contributed by atoms with E-state index in [-0.39, 0.29) is 18.1 Å². The molecule has 0 aliphatic rings. The summed E-state index contributed by atoms with van der Waals surface area (Å²) in [5, 5.41) is 12.3. The van der Waals surface area contributed by atoms with Crippen LogP contribution in [0.4, 0.5) is 5.69 Å². The quantitative estimate of drug-likeness (QED) is 0.812. The maximum atomic E-state index is 11.8. The van der Waals surface area contributed by atoms with Gasteiger partial charge in [0.25, 0.3) is 0 Å². The zero-order valence-corrected chi connectivity index (χ0v) is 10.1. The minimum Gasteiger partial charge on any atom is -0.506 e. The summed E-state index contributed by atoms with van der Waals surface area (Å²) in [7, 11) is 0. The van der Waals surface area contributed by atoms with Crippen molar-refractivity contribution >= 4 is 11.6 Å². The van der Waals surface area contributed by atoms with Crippen molar-refractivity contribution < 1.29 is 9.90 Å². The van der Waals surface area contributed by atoms with Crippen molar-refractivity contribution in [2.45, 2.75) is 13.3 Å². The number of amides is 1. The molecule has 0 fully saturated rings. The number of pyridine rings is 1. The second kappa shape index (κ2) is 5.31. The van der Waals surface area contributed by atoms with Gasteiger partial charge in [0.05, 0.1) is 12.1 Å². The fourth-order valence-corrected chi connectivity index (χ4v) is 1.63. The Balaban J connectivity index is 2.03. The zero-order chi connectivity index (χ0) is 13.0. The lowest BCUT2D eigenvalue weighted by Crippen LogP contribution is -2.14. The largest absolute Gasteiger partial charge is 0.506 e. The SMILES string of the molecule is Cc1ccc(NC(=O)Cc2cccnc2)c(O)c1. The Labute approximate surface area is 105 Å². The summed E-state index contributed by atoms with van der Waals surface area (Å²) in [6.45, 7) is 1.88. The van der Waals surface area contributed by atoms with E-state index in [1.165, 1.54) is 0 Å². The van der Waals surface area contributed by atoms with Gasteiger partial charge in [0, 0.05) is 12.4 Å². The van der Waals surface area contributed by atoms with Gasteiger partial charge >= 0.3 is 0 Å². The lowest BCUT2D eigenvalue weighted by Gasteiger charge is -2.07. The number of phenolic OH excluding ortho intramolecular Hbond substituents is 1. The topological polar surface area (TPSA) is 62.2 Å². The smallest absolute Gasteiger partial charge is 0.228 e. The summed E-state index contributed by atoms with van der Waals surface area (Å²) in [6, 6.07) is 8.75. The monoisotopic (exact) mass is 242 g/mol. The van der Waals surface area contributed by atoms with Crippen molar-refractivity contribution in [3.05, 3.63) is 53.9 Å². The van der Waals surface area contributed by atoms with Crippen molar-refractivity contribution in [1.29, 1.82) is 0 Å². The van der Waals surface area contributed by atoms with Crippen LogP contribution in [0, 0.1) is 6.92 Å². The Morgan fingerprint density at radius 2 is 2.22 bits per heavy atom. The molecule has 0 atom stereocenters. The molecule has 1 aromatic carbocycles. The van der Waals surface area contributed by atoms with E-state index in [4.69, 9.17) is 0 Å². The Bertz CT molecular complexity index is 553. The summed E-state index contributed by atoms with van der Waals surface area (Å²) >= 11 is 0. The van der Waals surface area contributed by atoms with Gasteiger partial charge < -0.3 is 10.4 Å². The Hall–Kier alpha value is -2.36. The van der Waals surface area contributed by atoms with Crippen LogP contribution < -0.4 is 5.32 Å². The molecule has 0 saturated carbocycles. The van der Waals surface area contributed by atoms with Gasteiger partial charge in [-0.25, -0.2) is 0 Å². The van der Waals surface area contributed by atoms with Gasteiger partial charge in [-0.15, -0.1) is 0 Å². The van der Waals surface area contributed by atoms with Crippen molar-refractivity contribution in [1.82, 2.24) is 4.98 Å². The van der Waals surface area contributed by atoms with E-state index >= 15 is 0 Å². The average molecular weight is 242 g/mol. The van der Waals surface area contributed by atoms with Gasteiger partial charge in [0.2, 0.25) is 5.91 Å². The maximum Gasteiger partial charge on any atom is 0.228 e. The van der Waals surface area contributed by atoms with Gasteiger partial charge in [-0.2, -0.15) is 0 Å². The Morgan fingerprint density at radius 3 is 2.89 bits per heavy atom. The van der Waals surface area contributed by atoms with Crippen molar-refractivity contribution in [2.75, 3.05) is 5.32 Å². The highest BCUT2D eigenvalue weighted by Gasteiger charge is 2.07. The van der Waals surface area contributed by atoms with E-state index in [1.807, 2.05) is 19.1 Å². The number of aryl methyl sites for hydroxylation is 1. The third-order valence-electron chi connectivity index (χ3n) is 2.51. The first kappa shape index (κ1) is 12.1. The fourth-order valence-electron chi connectivity index (χ4n) is 1.63. The highest BCUT2D eigenvalue weighted by molar-refractivity contribution is 5.93. The second-order valence-electron chi connectivity index (χ2n) is 4.11. The van der Waals surface area contributed by atoms with Crippen LogP contribution in [-0.4, -0.2) is 16.0 Å². The molecule has 0 unspecified atom stereocenters. The predicted octanol–water partition coefficient (Wildman–Crippen LogP) is 2.28. The third kappa shape index (κ3) is 3.07. The van der Waals surface area contributed by atoms with E-state index in [1.54, 1.807) is 30.6 Å². The van der Waals surface area contributed by atoms with Crippen LogP contribution in [0.5, 0.6) is 5.75 Å². The zero-order valence-electron chi connectivity index (χ0n) is 10.1. The molecule has 0 bridgehead atoms. The standard InChI is InChI=1S/C14H14N2O2/c1-10-4-5-12(13(17)7-10)16-14(18)8-11-3-2-6-15-9-11/h2-7,9,17H,8H2,1H3,(H,16,18). The van der Waals surface area contributed by atoms with Gasteiger partial charge in [0.1, 0.15) is 5.75 Å². The summed E-state index contributed by atoms with van der Waals surface area (Å²) in [4.78, 5) is 15.7. The predicted molar refractivity (Wildman–Crippen MR) is 69.4 cm³/mol. The van der Waals surface area contributed by atoms with E-state index < -0.39 is 0 Å². The number of hydrogen-bond acceptors (Lipinski definition) is 3. The molecule has 2 aromatic rings. The first-order valence-electron chi connectivity index (χ1n) is 5.63. The number of nitrogens with one attached hydrogen (secondary N) is 1. The van der Waals surface area contributed by atoms with E-state index in [0.717, 1.165) is 11.1 Å². The lowest BCUT2D eigenvalue weighted by atomic mass is 10.2. The number of carbonyl (C=O) groups is 1. The number of hydrogen-bond donors (Lipinski definition) is 2. The summed E-state index contributed by atoms with van der Waals surface area (Å²) < 4.78 is 0. The average Bonchev–Trinajstić information content (AvgIpc) is 2.34. The highest BCUT2D eigenvalue weighted by atomic mass is 16.3. The first-order valence-corrected chi connectivity index (χ1v) is 5.63. The number of phenols is 1. The number of rotatable bonds is 3. The van der Waals surface area contributed by atoms with Crippen LogP contribution in [0.25, 0.3) is 0 Å². The number of anilines is 1. The molecule has 92 valence electrons.